The van der Waals surface area contributed by atoms with Crippen molar-refractivity contribution in [1.29, 1.82) is 0 Å². The second-order valence-electron chi connectivity index (χ2n) is 9.81. The van der Waals surface area contributed by atoms with Gasteiger partial charge in [-0.25, -0.2) is 8.78 Å². The molecule has 7 heteroatoms. The minimum absolute atomic E-state index is 0.0770. The van der Waals surface area contributed by atoms with Gasteiger partial charge in [-0.2, -0.15) is 0 Å². The van der Waals surface area contributed by atoms with Gasteiger partial charge >= 0.3 is 0 Å². The number of nitrogens with one attached hydrogen (secondary N) is 2. The monoisotopic (exact) mass is 460 g/mol. The highest BCUT2D eigenvalue weighted by molar-refractivity contribution is 5.73. The molecule has 4 atom stereocenters. The van der Waals surface area contributed by atoms with Crippen LogP contribution in [0, 0.1) is 11.6 Å². The average Bonchev–Trinajstić information content (AvgIpc) is 2.69. The van der Waals surface area contributed by atoms with Gasteiger partial charge in [0.25, 0.3) is 0 Å². The first kappa shape index (κ1) is 25.3. The number of fused-ring (bicyclic) bond motifs is 1. The molecule has 0 radical (unpaired) electrons. The SMILES string of the molecule is CC(=O)NC(Cc1cc(F)cc(F)c1)C(O)CNC1CC(C)(O)Cc2ccc(C(C)C)cc21. The zero-order valence-electron chi connectivity index (χ0n) is 19.7. The molecule has 5 nitrogen and oxygen atoms in total. The predicted octanol–water partition coefficient (Wildman–Crippen LogP) is 3.52. The fraction of sp³-hybridized carbons (Fsp3) is 0.500. The Morgan fingerprint density at radius 3 is 2.45 bits per heavy atom. The highest BCUT2D eigenvalue weighted by Crippen LogP contribution is 2.37. The average molecular weight is 461 g/mol. The third-order valence-corrected chi connectivity index (χ3v) is 6.23. The summed E-state index contributed by atoms with van der Waals surface area (Å²) >= 11 is 0. The molecule has 0 fully saturated rings. The van der Waals surface area contributed by atoms with Crippen LogP contribution < -0.4 is 10.6 Å². The third kappa shape index (κ3) is 6.82. The molecule has 0 bridgehead atoms. The van der Waals surface area contributed by atoms with Crippen molar-refractivity contribution in [3.05, 3.63) is 70.3 Å². The number of halogens is 2. The number of rotatable bonds is 8. The van der Waals surface area contributed by atoms with Gasteiger partial charge in [0, 0.05) is 32.0 Å². The van der Waals surface area contributed by atoms with E-state index in [0.29, 0.717) is 24.3 Å². The van der Waals surface area contributed by atoms with E-state index >= 15 is 0 Å². The van der Waals surface area contributed by atoms with Crippen molar-refractivity contribution in [3.8, 4) is 0 Å². The molecule has 4 unspecified atom stereocenters. The van der Waals surface area contributed by atoms with Gasteiger partial charge in [0.15, 0.2) is 0 Å². The van der Waals surface area contributed by atoms with Crippen molar-refractivity contribution in [2.45, 2.75) is 76.7 Å². The van der Waals surface area contributed by atoms with Crippen molar-refractivity contribution in [2.24, 2.45) is 0 Å². The molecule has 0 aromatic heterocycles. The molecule has 2 aromatic rings. The van der Waals surface area contributed by atoms with Gasteiger partial charge in [0.1, 0.15) is 11.6 Å². The minimum atomic E-state index is -1.01. The molecular weight excluding hydrogens is 426 g/mol. The van der Waals surface area contributed by atoms with Crippen molar-refractivity contribution in [3.63, 3.8) is 0 Å². The molecule has 180 valence electrons. The fourth-order valence-corrected chi connectivity index (χ4v) is 4.60. The summed E-state index contributed by atoms with van der Waals surface area (Å²) in [5.41, 5.74) is 2.83. The number of amides is 1. The van der Waals surface area contributed by atoms with Gasteiger partial charge < -0.3 is 20.8 Å². The molecule has 3 rings (SSSR count). The minimum Gasteiger partial charge on any atom is -0.390 e. The number of aliphatic hydroxyl groups excluding tert-OH is 1. The molecule has 0 spiro atoms. The van der Waals surface area contributed by atoms with Crippen LogP contribution in [-0.2, 0) is 17.6 Å². The molecule has 1 aliphatic carbocycles. The number of aliphatic hydroxyl groups is 2. The van der Waals surface area contributed by atoms with Gasteiger partial charge in [0.2, 0.25) is 5.91 Å². The van der Waals surface area contributed by atoms with Crippen molar-refractivity contribution < 1.29 is 23.8 Å². The zero-order valence-corrected chi connectivity index (χ0v) is 19.7. The van der Waals surface area contributed by atoms with E-state index in [-0.39, 0.29) is 24.9 Å². The summed E-state index contributed by atoms with van der Waals surface area (Å²) in [4.78, 5) is 11.7. The maximum Gasteiger partial charge on any atom is 0.217 e. The van der Waals surface area contributed by atoms with E-state index in [1.165, 1.54) is 24.6 Å². The Hall–Kier alpha value is -2.35. The van der Waals surface area contributed by atoms with Crippen LogP contribution >= 0.6 is 0 Å². The van der Waals surface area contributed by atoms with Crippen LogP contribution in [0.1, 0.15) is 68.3 Å². The molecule has 0 saturated heterocycles. The van der Waals surface area contributed by atoms with E-state index < -0.39 is 29.4 Å². The van der Waals surface area contributed by atoms with Gasteiger partial charge in [-0.1, -0.05) is 32.0 Å². The normalized spacial score (nSPS) is 22.0. The van der Waals surface area contributed by atoms with Crippen LogP contribution in [0.4, 0.5) is 8.78 Å². The molecule has 0 saturated carbocycles. The molecule has 1 amide bonds. The van der Waals surface area contributed by atoms with Crippen LogP contribution in [0.3, 0.4) is 0 Å². The molecule has 4 N–H and O–H groups in total. The molecule has 0 heterocycles. The predicted molar refractivity (Wildman–Crippen MR) is 124 cm³/mol. The third-order valence-electron chi connectivity index (χ3n) is 6.23. The lowest BCUT2D eigenvalue weighted by Crippen LogP contribution is -2.49. The highest BCUT2D eigenvalue weighted by atomic mass is 19.1. The molecule has 33 heavy (non-hydrogen) atoms. The second-order valence-corrected chi connectivity index (χ2v) is 9.81. The maximum atomic E-state index is 13.6. The van der Waals surface area contributed by atoms with E-state index in [4.69, 9.17) is 0 Å². The number of carbonyl (C=O) groups excluding carboxylic acids is 1. The quantitative estimate of drug-likeness (QED) is 0.486. The number of hydrogen-bond acceptors (Lipinski definition) is 4. The summed E-state index contributed by atoms with van der Waals surface area (Å²) in [6.07, 6.45) is 0.104. The van der Waals surface area contributed by atoms with E-state index in [0.717, 1.165) is 17.2 Å². The first-order chi connectivity index (χ1) is 15.4. The summed E-state index contributed by atoms with van der Waals surface area (Å²) in [6.45, 7) is 7.52. The summed E-state index contributed by atoms with van der Waals surface area (Å²) in [5.74, 6) is -1.40. The van der Waals surface area contributed by atoms with Crippen LogP contribution in [0.2, 0.25) is 0 Å². The molecule has 0 aliphatic heterocycles. The van der Waals surface area contributed by atoms with Crippen LogP contribution in [0.25, 0.3) is 0 Å². The lowest BCUT2D eigenvalue weighted by Gasteiger charge is -2.37. The van der Waals surface area contributed by atoms with Gasteiger partial charge in [-0.05, 0) is 60.1 Å². The van der Waals surface area contributed by atoms with Crippen molar-refractivity contribution in [2.75, 3.05) is 6.54 Å². The fourth-order valence-electron chi connectivity index (χ4n) is 4.60. The lowest BCUT2D eigenvalue weighted by molar-refractivity contribution is -0.120. The van der Waals surface area contributed by atoms with Gasteiger partial charge in [-0.3, -0.25) is 4.79 Å². The molecule has 1 aliphatic rings. The van der Waals surface area contributed by atoms with Crippen LogP contribution in [0.15, 0.2) is 36.4 Å². The first-order valence-corrected chi connectivity index (χ1v) is 11.4. The Balaban J connectivity index is 1.77. The summed E-state index contributed by atoms with van der Waals surface area (Å²) in [6, 6.07) is 8.56. The summed E-state index contributed by atoms with van der Waals surface area (Å²) < 4.78 is 27.2. The first-order valence-electron chi connectivity index (χ1n) is 11.4. The van der Waals surface area contributed by atoms with E-state index in [1.807, 2.05) is 0 Å². The van der Waals surface area contributed by atoms with E-state index in [9.17, 15) is 23.8 Å². The van der Waals surface area contributed by atoms with Gasteiger partial charge in [-0.15, -0.1) is 0 Å². The topological polar surface area (TPSA) is 81.6 Å². The summed E-state index contributed by atoms with van der Waals surface area (Å²) in [5, 5.41) is 27.7. The van der Waals surface area contributed by atoms with E-state index in [1.54, 1.807) is 6.92 Å². The van der Waals surface area contributed by atoms with Crippen molar-refractivity contribution in [1.82, 2.24) is 10.6 Å². The second kappa shape index (κ2) is 10.3. The Morgan fingerprint density at radius 1 is 1.18 bits per heavy atom. The van der Waals surface area contributed by atoms with E-state index in [2.05, 4.69) is 42.7 Å². The smallest absolute Gasteiger partial charge is 0.217 e. The molecular formula is C26H34F2N2O3. The Kier molecular flexibility index (Phi) is 7.88. The Labute approximate surface area is 194 Å². The lowest BCUT2D eigenvalue weighted by atomic mass is 9.77. The number of carbonyl (C=O) groups is 1. The highest BCUT2D eigenvalue weighted by Gasteiger charge is 2.34. The van der Waals surface area contributed by atoms with Crippen LogP contribution in [0.5, 0.6) is 0 Å². The standard InChI is InChI=1S/C26H34F2N2O3/c1-15(2)18-5-6-19-12-26(4,33)13-24(22(19)10-18)29-14-25(32)23(30-16(3)31)9-17-7-20(27)11-21(28)8-17/h5-8,10-11,15,23-25,29,32-33H,9,12-14H2,1-4H3,(H,30,31). The van der Waals surface area contributed by atoms with Crippen LogP contribution in [-0.4, -0.2) is 40.4 Å². The zero-order chi connectivity index (χ0) is 24.3. The Bertz CT molecular complexity index is 973. The summed E-state index contributed by atoms with van der Waals surface area (Å²) in [7, 11) is 0. The largest absolute Gasteiger partial charge is 0.390 e. The van der Waals surface area contributed by atoms with Crippen molar-refractivity contribution >= 4 is 5.91 Å². The molecule has 2 aromatic carbocycles. The Morgan fingerprint density at radius 2 is 1.85 bits per heavy atom. The number of benzene rings is 2. The van der Waals surface area contributed by atoms with Gasteiger partial charge in [0.05, 0.1) is 17.7 Å². The number of hydrogen-bond donors (Lipinski definition) is 4. The maximum absolute atomic E-state index is 13.6.